The molecule has 1 saturated heterocycles. The number of hydrogen-bond acceptors (Lipinski definition) is 7. The van der Waals surface area contributed by atoms with Gasteiger partial charge in [0.05, 0.1) is 17.3 Å². The van der Waals surface area contributed by atoms with Gasteiger partial charge in [0.1, 0.15) is 5.75 Å². The van der Waals surface area contributed by atoms with Crippen LogP contribution in [0.15, 0.2) is 48.5 Å². The van der Waals surface area contributed by atoms with Crippen molar-refractivity contribution in [3.8, 4) is 10.9 Å². The Morgan fingerprint density at radius 1 is 1.13 bits per heavy atom. The number of benzene rings is 2. The van der Waals surface area contributed by atoms with Crippen LogP contribution >= 0.6 is 11.3 Å². The van der Waals surface area contributed by atoms with Gasteiger partial charge in [-0.1, -0.05) is 35.6 Å². The summed E-state index contributed by atoms with van der Waals surface area (Å²) in [5.41, 5.74) is 2.18. The number of piperidine rings is 1. The smallest absolute Gasteiger partial charge is 0.396 e. The number of hydrogen-bond donors (Lipinski definition) is 1. The number of rotatable bonds is 6. The normalized spacial score (nSPS) is 15.0. The summed E-state index contributed by atoms with van der Waals surface area (Å²) in [7, 11) is 1.21. The number of aromatic nitrogens is 1. The predicted molar refractivity (Wildman–Crippen MR) is 119 cm³/mol. The average Bonchev–Trinajstić information content (AvgIpc) is 3.21. The van der Waals surface area contributed by atoms with E-state index in [0.29, 0.717) is 17.7 Å². The molecular weight excluding hydrogens is 414 g/mol. The van der Waals surface area contributed by atoms with Crippen LogP contribution in [0.1, 0.15) is 18.4 Å². The second kappa shape index (κ2) is 9.89. The van der Waals surface area contributed by atoms with E-state index < -0.39 is 11.9 Å². The Balaban J connectivity index is 1.23. The maximum absolute atomic E-state index is 11.5. The zero-order chi connectivity index (χ0) is 21.6. The SMILES string of the molecule is COC(=O)C(=O)NCC1CCN(Cc2ccc(Oc3nc4ccccc4s3)cc2)CC1. The molecule has 0 unspecified atom stereocenters. The van der Waals surface area contributed by atoms with Crippen molar-refractivity contribution in [3.05, 3.63) is 54.1 Å². The summed E-state index contributed by atoms with van der Waals surface area (Å²) in [5, 5.41) is 3.30. The molecule has 0 saturated carbocycles. The second-order valence-corrected chi connectivity index (χ2v) is 8.61. The van der Waals surface area contributed by atoms with E-state index in [0.717, 1.165) is 48.4 Å². The van der Waals surface area contributed by atoms with Crippen molar-refractivity contribution >= 4 is 33.4 Å². The number of para-hydroxylation sites is 1. The molecule has 3 aromatic rings. The molecule has 0 atom stereocenters. The van der Waals surface area contributed by atoms with Crippen LogP contribution in [0.2, 0.25) is 0 Å². The summed E-state index contributed by atoms with van der Waals surface area (Å²) in [6, 6.07) is 16.1. The van der Waals surface area contributed by atoms with Crippen LogP contribution in [0.5, 0.6) is 10.9 Å². The number of nitrogens with zero attached hydrogens (tertiary/aromatic N) is 2. The minimum Gasteiger partial charge on any atom is -0.462 e. The molecule has 2 aromatic carbocycles. The highest BCUT2D eigenvalue weighted by Crippen LogP contribution is 2.31. The lowest BCUT2D eigenvalue weighted by atomic mass is 9.96. The molecular formula is C23H25N3O4S. The molecule has 1 amide bonds. The van der Waals surface area contributed by atoms with Crippen molar-refractivity contribution in [3.63, 3.8) is 0 Å². The first-order valence-electron chi connectivity index (χ1n) is 10.3. The lowest BCUT2D eigenvalue weighted by Crippen LogP contribution is -2.40. The van der Waals surface area contributed by atoms with Crippen LogP contribution in [-0.2, 0) is 20.9 Å². The molecule has 1 aliphatic heterocycles. The number of thiazole rings is 1. The van der Waals surface area contributed by atoms with Crippen molar-refractivity contribution in [2.24, 2.45) is 5.92 Å². The zero-order valence-electron chi connectivity index (χ0n) is 17.4. The molecule has 7 nitrogen and oxygen atoms in total. The third-order valence-electron chi connectivity index (χ3n) is 5.44. The number of likely N-dealkylation sites (tertiary alicyclic amines) is 1. The van der Waals surface area contributed by atoms with Crippen molar-refractivity contribution in [2.75, 3.05) is 26.7 Å². The Labute approximate surface area is 185 Å². The molecule has 0 radical (unpaired) electrons. The predicted octanol–water partition coefficient (Wildman–Crippen LogP) is 3.59. The average molecular weight is 440 g/mol. The second-order valence-electron chi connectivity index (χ2n) is 7.61. The third-order valence-corrected chi connectivity index (χ3v) is 6.35. The minimum atomic E-state index is -0.840. The Hall–Kier alpha value is -2.97. The highest BCUT2D eigenvalue weighted by atomic mass is 32.1. The van der Waals surface area contributed by atoms with E-state index in [4.69, 9.17) is 4.74 Å². The molecule has 31 heavy (non-hydrogen) atoms. The van der Waals surface area contributed by atoms with E-state index in [1.807, 2.05) is 36.4 Å². The van der Waals surface area contributed by atoms with Crippen LogP contribution in [0, 0.1) is 5.92 Å². The third kappa shape index (κ3) is 5.59. The molecule has 1 aromatic heterocycles. The van der Waals surface area contributed by atoms with Crippen LogP contribution in [-0.4, -0.2) is 48.5 Å². The van der Waals surface area contributed by atoms with Gasteiger partial charge >= 0.3 is 11.9 Å². The summed E-state index contributed by atoms with van der Waals surface area (Å²) in [6.45, 7) is 3.31. The van der Waals surface area contributed by atoms with Gasteiger partial charge < -0.3 is 14.8 Å². The van der Waals surface area contributed by atoms with Crippen LogP contribution in [0.25, 0.3) is 10.2 Å². The number of nitrogens with one attached hydrogen (secondary N) is 1. The van der Waals surface area contributed by atoms with Crippen molar-refractivity contribution < 1.29 is 19.1 Å². The number of amides is 1. The van der Waals surface area contributed by atoms with Gasteiger partial charge in [-0.25, -0.2) is 9.78 Å². The summed E-state index contributed by atoms with van der Waals surface area (Å²) in [5.74, 6) is -0.344. The molecule has 0 aliphatic carbocycles. The Kier molecular flexibility index (Phi) is 6.79. The Bertz CT molecular complexity index is 1010. The number of carbonyl (C=O) groups excluding carboxylic acids is 2. The lowest BCUT2D eigenvalue weighted by Gasteiger charge is -2.32. The molecule has 1 N–H and O–H groups in total. The fraction of sp³-hybridized carbons (Fsp3) is 0.348. The van der Waals surface area contributed by atoms with Gasteiger partial charge in [-0.2, -0.15) is 0 Å². The topological polar surface area (TPSA) is 80.8 Å². The van der Waals surface area contributed by atoms with E-state index >= 15 is 0 Å². The summed E-state index contributed by atoms with van der Waals surface area (Å²) < 4.78 is 11.5. The van der Waals surface area contributed by atoms with Gasteiger partial charge in [0.15, 0.2) is 0 Å². The molecule has 1 fully saturated rings. The first kappa shape index (κ1) is 21.3. The molecule has 8 heteroatoms. The van der Waals surface area contributed by atoms with E-state index in [-0.39, 0.29) is 0 Å². The number of esters is 1. The van der Waals surface area contributed by atoms with Gasteiger partial charge in [-0.15, -0.1) is 0 Å². The maximum atomic E-state index is 11.5. The fourth-order valence-electron chi connectivity index (χ4n) is 3.67. The maximum Gasteiger partial charge on any atom is 0.396 e. The highest BCUT2D eigenvalue weighted by molar-refractivity contribution is 7.20. The minimum absolute atomic E-state index is 0.384. The highest BCUT2D eigenvalue weighted by Gasteiger charge is 2.21. The van der Waals surface area contributed by atoms with Crippen molar-refractivity contribution in [1.82, 2.24) is 15.2 Å². The number of fused-ring (bicyclic) bond motifs is 1. The van der Waals surface area contributed by atoms with E-state index in [1.165, 1.54) is 24.0 Å². The molecule has 162 valence electrons. The van der Waals surface area contributed by atoms with Gasteiger partial charge in [0.2, 0.25) is 0 Å². The lowest BCUT2D eigenvalue weighted by molar-refractivity contribution is -0.152. The standard InChI is InChI=1S/C23H25N3O4S/c1-29-22(28)21(27)24-14-16-10-12-26(13-11-16)15-17-6-8-18(9-7-17)30-23-25-19-4-2-3-5-20(19)31-23/h2-9,16H,10-15H2,1H3,(H,24,27). The van der Waals surface area contributed by atoms with Crippen LogP contribution < -0.4 is 10.1 Å². The summed E-state index contributed by atoms with van der Waals surface area (Å²) >= 11 is 1.54. The Morgan fingerprint density at radius 3 is 2.58 bits per heavy atom. The molecule has 4 rings (SSSR count). The largest absolute Gasteiger partial charge is 0.462 e. The number of carbonyl (C=O) groups is 2. The fourth-order valence-corrected chi connectivity index (χ4v) is 4.50. The van der Waals surface area contributed by atoms with Gasteiger partial charge in [0.25, 0.3) is 5.19 Å². The zero-order valence-corrected chi connectivity index (χ0v) is 18.2. The van der Waals surface area contributed by atoms with Crippen LogP contribution in [0.4, 0.5) is 0 Å². The van der Waals surface area contributed by atoms with E-state index in [2.05, 4.69) is 32.1 Å². The monoisotopic (exact) mass is 439 g/mol. The van der Waals surface area contributed by atoms with Crippen molar-refractivity contribution in [2.45, 2.75) is 19.4 Å². The molecule has 0 spiro atoms. The first-order chi connectivity index (χ1) is 15.1. The molecule has 0 bridgehead atoms. The van der Waals surface area contributed by atoms with E-state index in [9.17, 15) is 9.59 Å². The molecule has 1 aliphatic rings. The van der Waals surface area contributed by atoms with Gasteiger partial charge in [-0.3, -0.25) is 9.69 Å². The summed E-state index contributed by atoms with van der Waals surface area (Å²) in [4.78, 5) is 29.6. The summed E-state index contributed by atoms with van der Waals surface area (Å²) in [6.07, 6.45) is 1.97. The first-order valence-corrected chi connectivity index (χ1v) is 11.1. The van der Waals surface area contributed by atoms with Gasteiger partial charge in [-0.05, 0) is 61.7 Å². The van der Waals surface area contributed by atoms with E-state index in [1.54, 1.807) is 0 Å². The molecule has 2 heterocycles. The number of methoxy groups -OCH3 is 1. The quantitative estimate of drug-likeness (QED) is 0.467. The van der Waals surface area contributed by atoms with Crippen LogP contribution in [0.3, 0.4) is 0 Å². The van der Waals surface area contributed by atoms with Gasteiger partial charge in [0, 0.05) is 13.1 Å². The Morgan fingerprint density at radius 2 is 1.87 bits per heavy atom. The van der Waals surface area contributed by atoms with Crippen molar-refractivity contribution in [1.29, 1.82) is 0 Å². The number of ether oxygens (including phenoxy) is 2.